The number of nitrogens with one attached hydrogen (secondary N) is 1. The smallest absolute Gasteiger partial charge is 0.0234 e. The number of hydrogen-bond donors (Lipinski definition) is 1. The summed E-state index contributed by atoms with van der Waals surface area (Å²) in [5, 5.41) is 3.43. The Labute approximate surface area is 126 Å². The van der Waals surface area contributed by atoms with E-state index in [4.69, 9.17) is 0 Å². The molecule has 0 unspecified atom stereocenters. The van der Waals surface area contributed by atoms with Gasteiger partial charge in [0, 0.05) is 17.2 Å². The molecule has 2 aromatic carbocycles. The van der Waals surface area contributed by atoms with Gasteiger partial charge in [-0.05, 0) is 48.7 Å². The van der Waals surface area contributed by atoms with Crippen LogP contribution in [0.15, 0.2) is 53.4 Å². The molecular formula is C18H23NS. The van der Waals surface area contributed by atoms with Gasteiger partial charge in [-0.15, -0.1) is 11.8 Å². The Kier molecular flexibility index (Phi) is 6.16. The Hall–Kier alpha value is -1.25. The predicted molar refractivity (Wildman–Crippen MR) is 89.2 cm³/mol. The molecule has 2 rings (SSSR count). The molecule has 0 fully saturated rings. The van der Waals surface area contributed by atoms with Crippen molar-refractivity contribution in [3.8, 4) is 0 Å². The summed E-state index contributed by atoms with van der Waals surface area (Å²) >= 11 is 1.90. The van der Waals surface area contributed by atoms with E-state index >= 15 is 0 Å². The van der Waals surface area contributed by atoms with Crippen LogP contribution in [-0.4, -0.2) is 6.54 Å². The summed E-state index contributed by atoms with van der Waals surface area (Å²) in [6, 6.07) is 17.5. The zero-order valence-corrected chi connectivity index (χ0v) is 13.2. The summed E-state index contributed by atoms with van der Waals surface area (Å²) in [6.07, 6.45) is 1.18. The van der Waals surface area contributed by atoms with E-state index < -0.39 is 0 Å². The van der Waals surface area contributed by atoms with Gasteiger partial charge in [0.25, 0.3) is 0 Å². The van der Waals surface area contributed by atoms with Gasteiger partial charge in [-0.1, -0.05) is 43.3 Å². The van der Waals surface area contributed by atoms with Crippen molar-refractivity contribution in [2.75, 3.05) is 6.54 Å². The monoisotopic (exact) mass is 285 g/mol. The summed E-state index contributed by atoms with van der Waals surface area (Å²) < 4.78 is 0. The average molecular weight is 285 g/mol. The Balaban J connectivity index is 1.86. The molecule has 0 spiro atoms. The van der Waals surface area contributed by atoms with Crippen molar-refractivity contribution in [1.82, 2.24) is 5.32 Å². The third-order valence-corrected chi connectivity index (χ3v) is 4.40. The largest absolute Gasteiger partial charge is 0.313 e. The minimum Gasteiger partial charge on any atom is -0.313 e. The molecule has 0 amide bonds. The van der Waals surface area contributed by atoms with E-state index in [2.05, 4.69) is 67.7 Å². The Bertz CT molecular complexity index is 519. The molecule has 0 bridgehead atoms. The van der Waals surface area contributed by atoms with Crippen LogP contribution < -0.4 is 5.32 Å². The summed E-state index contributed by atoms with van der Waals surface area (Å²) in [5.74, 6) is 1.04. The van der Waals surface area contributed by atoms with E-state index in [1.807, 2.05) is 11.8 Å². The second-order valence-electron chi connectivity index (χ2n) is 5.04. The van der Waals surface area contributed by atoms with Crippen molar-refractivity contribution >= 4 is 11.8 Å². The number of rotatable bonds is 7. The minimum absolute atomic E-state index is 0.969. The van der Waals surface area contributed by atoms with Gasteiger partial charge in [-0.25, -0.2) is 0 Å². The number of benzene rings is 2. The quantitative estimate of drug-likeness (QED) is 0.580. The van der Waals surface area contributed by atoms with E-state index in [9.17, 15) is 0 Å². The lowest BCUT2D eigenvalue weighted by Gasteiger charge is -2.07. The Morgan fingerprint density at radius 1 is 1.00 bits per heavy atom. The van der Waals surface area contributed by atoms with Crippen LogP contribution >= 0.6 is 11.8 Å². The normalized spacial score (nSPS) is 10.7. The summed E-state index contributed by atoms with van der Waals surface area (Å²) in [6.45, 7) is 6.43. The molecule has 2 aromatic rings. The van der Waals surface area contributed by atoms with Crippen molar-refractivity contribution in [3.05, 3.63) is 65.2 Å². The van der Waals surface area contributed by atoms with Gasteiger partial charge in [-0.2, -0.15) is 0 Å². The van der Waals surface area contributed by atoms with Crippen LogP contribution in [-0.2, 0) is 12.3 Å². The van der Waals surface area contributed by atoms with Crippen molar-refractivity contribution in [3.63, 3.8) is 0 Å². The van der Waals surface area contributed by atoms with Gasteiger partial charge in [0.05, 0.1) is 0 Å². The highest BCUT2D eigenvalue weighted by Gasteiger charge is 1.99. The van der Waals surface area contributed by atoms with E-state index in [0.29, 0.717) is 0 Å². The highest BCUT2D eigenvalue weighted by molar-refractivity contribution is 7.98. The minimum atomic E-state index is 0.969. The molecule has 20 heavy (non-hydrogen) atoms. The fraction of sp³-hybridized carbons (Fsp3) is 0.333. The molecular weight excluding hydrogens is 262 g/mol. The number of aryl methyl sites for hydroxylation is 1. The maximum atomic E-state index is 3.43. The maximum absolute atomic E-state index is 3.43. The van der Waals surface area contributed by atoms with Gasteiger partial charge in [0.15, 0.2) is 0 Å². The van der Waals surface area contributed by atoms with Crippen LogP contribution in [0.1, 0.15) is 30.0 Å². The third-order valence-electron chi connectivity index (χ3n) is 3.33. The molecule has 0 aliphatic carbocycles. The fourth-order valence-electron chi connectivity index (χ4n) is 2.05. The summed E-state index contributed by atoms with van der Waals surface area (Å²) in [4.78, 5) is 1.34. The molecule has 0 aliphatic rings. The van der Waals surface area contributed by atoms with Crippen molar-refractivity contribution in [1.29, 1.82) is 0 Å². The topological polar surface area (TPSA) is 12.0 Å². The molecule has 0 saturated heterocycles. The average Bonchev–Trinajstić information content (AvgIpc) is 2.48. The molecule has 0 heterocycles. The maximum Gasteiger partial charge on any atom is 0.0234 e. The van der Waals surface area contributed by atoms with Gasteiger partial charge < -0.3 is 5.32 Å². The second-order valence-corrected chi connectivity index (χ2v) is 6.08. The lowest BCUT2D eigenvalue weighted by molar-refractivity contribution is 0.675. The second kappa shape index (κ2) is 8.13. The molecule has 0 aromatic heterocycles. The van der Waals surface area contributed by atoms with E-state index in [-0.39, 0.29) is 0 Å². The zero-order chi connectivity index (χ0) is 14.2. The molecule has 1 N–H and O–H groups in total. The number of thioether (sulfide) groups is 1. The van der Waals surface area contributed by atoms with Gasteiger partial charge in [0.1, 0.15) is 0 Å². The van der Waals surface area contributed by atoms with Crippen molar-refractivity contribution in [2.24, 2.45) is 0 Å². The molecule has 1 nitrogen and oxygen atoms in total. The summed E-state index contributed by atoms with van der Waals surface area (Å²) in [5.41, 5.74) is 4.16. The lowest BCUT2D eigenvalue weighted by Crippen LogP contribution is -2.13. The van der Waals surface area contributed by atoms with Gasteiger partial charge in [0.2, 0.25) is 0 Å². The molecule has 0 aliphatic heterocycles. The molecule has 0 atom stereocenters. The fourth-order valence-corrected chi connectivity index (χ4v) is 3.02. The van der Waals surface area contributed by atoms with Gasteiger partial charge in [-0.3, -0.25) is 0 Å². The van der Waals surface area contributed by atoms with Crippen LogP contribution in [0.5, 0.6) is 0 Å². The van der Waals surface area contributed by atoms with E-state index in [0.717, 1.165) is 18.8 Å². The van der Waals surface area contributed by atoms with Crippen molar-refractivity contribution in [2.45, 2.75) is 37.5 Å². The predicted octanol–water partition coefficient (Wildman–Crippen LogP) is 4.79. The molecule has 2 heteroatoms. The van der Waals surface area contributed by atoms with Crippen molar-refractivity contribution < 1.29 is 0 Å². The Morgan fingerprint density at radius 3 is 2.45 bits per heavy atom. The van der Waals surface area contributed by atoms with Crippen LogP contribution in [0.2, 0.25) is 0 Å². The number of hydrogen-bond acceptors (Lipinski definition) is 2. The van der Waals surface area contributed by atoms with Crippen LogP contribution in [0.3, 0.4) is 0 Å². The SMILES string of the molecule is CCCNCc1ccc(SCc2ccccc2C)cc1. The standard InChI is InChI=1S/C18H23NS/c1-3-12-19-13-16-8-10-18(11-9-16)20-14-17-7-5-4-6-15(17)2/h4-11,19H,3,12-14H2,1-2H3. The highest BCUT2D eigenvalue weighted by Crippen LogP contribution is 2.24. The summed E-state index contributed by atoms with van der Waals surface area (Å²) in [7, 11) is 0. The van der Waals surface area contributed by atoms with E-state index in [1.54, 1.807) is 0 Å². The van der Waals surface area contributed by atoms with Crippen LogP contribution in [0.25, 0.3) is 0 Å². The molecule has 0 saturated carbocycles. The third kappa shape index (κ3) is 4.69. The van der Waals surface area contributed by atoms with Crippen LogP contribution in [0, 0.1) is 6.92 Å². The molecule has 0 radical (unpaired) electrons. The molecule has 106 valence electrons. The van der Waals surface area contributed by atoms with E-state index in [1.165, 1.54) is 28.0 Å². The first kappa shape index (κ1) is 15.1. The van der Waals surface area contributed by atoms with Crippen LogP contribution in [0.4, 0.5) is 0 Å². The zero-order valence-electron chi connectivity index (χ0n) is 12.4. The first-order valence-electron chi connectivity index (χ1n) is 7.26. The Morgan fingerprint density at radius 2 is 1.75 bits per heavy atom. The highest BCUT2D eigenvalue weighted by atomic mass is 32.2. The first-order chi connectivity index (χ1) is 9.79. The first-order valence-corrected chi connectivity index (χ1v) is 8.25. The lowest BCUT2D eigenvalue weighted by atomic mass is 10.1. The van der Waals surface area contributed by atoms with Gasteiger partial charge >= 0.3 is 0 Å².